The highest BCUT2D eigenvalue weighted by molar-refractivity contribution is 5.17. The number of hydrogen-bond donors (Lipinski definition) is 2. The molecule has 0 amide bonds. The zero-order valence-electron chi connectivity index (χ0n) is 9.72. The molecule has 0 saturated heterocycles. The van der Waals surface area contributed by atoms with E-state index >= 15 is 0 Å². The van der Waals surface area contributed by atoms with E-state index in [1.165, 1.54) is 12.3 Å². The van der Waals surface area contributed by atoms with Crippen LogP contribution in [0.1, 0.15) is 31.4 Å². The largest absolute Gasteiger partial charge is 0.487 e. The van der Waals surface area contributed by atoms with Crippen LogP contribution in [0.25, 0.3) is 0 Å². The van der Waals surface area contributed by atoms with E-state index in [0.717, 1.165) is 25.7 Å². The Morgan fingerprint density at radius 1 is 1.18 bits per heavy atom. The maximum atomic E-state index is 11.4. The van der Waals surface area contributed by atoms with Gasteiger partial charge in [0.25, 0.3) is 0 Å². The lowest BCUT2D eigenvalue weighted by molar-refractivity contribution is 0.236. The fourth-order valence-corrected chi connectivity index (χ4v) is 1.38. The summed E-state index contributed by atoms with van der Waals surface area (Å²) in [5, 5.41) is 17.3. The molecule has 0 fully saturated rings. The first-order chi connectivity index (χ1) is 8.27. The Balaban J connectivity index is 2.29. The molecule has 0 aliphatic heterocycles. The molecule has 1 aromatic heterocycles. The van der Waals surface area contributed by atoms with Gasteiger partial charge in [0.1, 0.15) is 18.6 Å². The fourth-order valence-electron chi connectivity index (χ4n) is 1.38. The van der Waals surface area contributed by atoms with Crippen LogP contribution in [0.5, 0.6) is 5.75 Å². The molecule has 0 bridgehead atoms. The van der Waals surface area contributed by atoms with Crippen LogP contribution in [0.3, 0.4) is 0 Å². The van der Waals surface area contributed by atoms with Crippen molar-refractivity contribution in [1.82, 2.24) is 0 Å². The van der Waals surface area contributed by atoms with Crippen molar-refractivity contribution in [3.05, 3.63) is 28.3 Å². The lowest BCUT2D eigenvalue weighted by atomic mass is 10.2. The second kappa shape index (κ2) is 7.86. The van der Waals surface area contributed by atoms with Crippen molar-refractivity contribution in [2.75, 3.05) is 13.2 Å². The molecule has 1 heterocycles. The summed E-state index contributed by atoms with van der Waals surface area (Å²) in [6, 6.07) is 1.22. The van der Waals surface area contributed by atoms with Gasteiger partial charge in [0.15, 0.2) is 0 Å². The van der Waals surface area contributed by atoms with Crippen LogP contribution in [-0.2, 0) is 6.61 Å². The van der Waals surface area contributed by atoms with Crippen molar-refractivity contribution in [2.24, 2.45) is 0 Å². The lowest BCUT2D eigenvalue weighted by Gasteiger charge is -2.04. The highest BCUT2D eigenvalue weighted by Crippen LogP contribution is 2.07. The Morgan fingerprint density at radius 3 is 2.59 bits per heavy atom. The second-order valence-corrected chi connectivity index (χ2v) is 3.72. The molecule has 0 atom stereocenters. The SMILES string of the molecule is O=c1cc(CO)occ1OCCCCCCO. The lowest BCUT2D eigenvalue weighted by Crippen LogP contribution is -2.09. The monoisotopic (exact) mass is 242 g/mol. The summed E-state index contributed by atoms with van der Waals surface area (Å²) in [4.78, 5) is 11.4. The molecule has 1 aromatic rings. The molecule has 1 rings (SSSR count). The van der Waals surface area contributed by atoms with Gasteiger partial charge >= 0.3 is 0 Å². The van der Waals surface area contributed by atoms with Gasteiger partial charge in [0, 0.05) is 12.7 Å². The van der Waals surface area contributed by atoms with E-state index < -0.39 is 0 Å². The van der Waals surface area contributed by atoms with E-state index in [-0.39, 0.29) is 30.2 Å². The molecule has 0 unspecified atom stereocenters. The molecular weight excluding hydrogens is 224 g/mol. The van der Waals surface area contributed by atoms with E-state index in [1.807, 2.05) is 0 Å². The van der Waals surface area contributed by atoms with Gasteiger partial charge in [-0.3, -0.25) is 4.79 Å². The minimum absolute atomic E-state index is 0.171. The first-order valence-electron chi connectivity index (χ1n) is 5.74. The van der Waals surface area contributed by atoms with E-state index in [2.05, 4.69) is 0 Å². The van der Waals surface area contributed by atoms with Crippen LogP contribution in [-0.4, -0.2) is 23.4 Å². The molecule has 0 saturated carbocycles. The standard InChI is InChI=1S/C12H18O5/c13-5-3-1-2-4-6-16-12-9-17-10(8-14)7-11(12)15/h7,9,13-14H,1-6,8H2. The number of unbranched alkanes of at least 4 members (excludes halogenated alkanes) is 3. The first-order valence-corrected chi connectivity index (χ1v) is 5.74. The quantitative estimate of drug-likeness (QED) is 0.666. The van der Waals surface area contributed by atoms with Gasteiger partial charge in [-0.2, -0.15) is 0 Å². The Labute approximate surface area is 99.7 Å². The first kappa shape index (κ1) is 13.7. The highest BCUT2D eigenvalue weighted by Gasteiger charge is 2.03. The Hall–Kier alpha value is -1.33. The molecule has 5 heteroatoms. The highest BCUT2D eigenvalue weighted by atomic mass is 16.5. The third kappa shape index (κ3) is 5.01. The smallest absolute Gasteiger partial charge is 0.227 e. The molecule has 0 aliphatic rings. The third-order valence-corrected chi connectivity index (χ3v) is 2.32. The molecule has 0 aromatic carbocycles. The zero-order valence-corrected chi connectivity index (χ0v) is 9.72. The van der Waals surface area contributed by atoms with Crippen LogP contribution >= 0.6 is 0 Å². The van der Waals surface area contributed by atoms with Gasteiger partial charge in [-0.1, -0.05) is 6.42 Å². The van der Waals surface area contributed by atoms with Crippen molar-refractivity contribution >= 4 is 0 Å². The number of aliphatic hydroxyl groups is 2. The van der Waals surface area contributed by atoms with Gasteiger partial charge in [-0.25, -0.2) is 0 Å². The summed E-state index contributed by atoms with van der Waals surface area (Å²) < 4.78 is 10.2. The van der Waals surface area contributed by atoms with Crippen LogP contribution in [0.4, 0.5) is 0 Å². The molecule has 17 heavy (non-hydrogen) atoms. The van der Waals surface area contributed by atoms with Crippen molar-refractivity contribution in [3.8, 4) is 5.75 Å². The van der Waals surface area contributed by atoms with Gasteiger partial charge in [-0.05, 0) is 19.3 Å². The number of aliphatic hydroxyl groups excluding tert-OH is 2. The van der Waals surface area contributed by atoms with E-state index in [4.69, 9.17) is 19.4 Å². The van der Waals surface area contributed by atoms with Gasteiger partial charge in [-0.15, -0.1) is 0 Å². The average Bonchev–Trinajstić information content (AvgIpc) is 2.35. The van der Waals surface area contributed by atoms with Crippen molar-refractivity contribution in [1.29, 1.82) is 0 Å². The number of rotatable bonds is 8. The fraction of sp³-hybridized carbons (Fsp3) is 0.583. The van der Waals surface area contributed by atoms with Crippen LogP contribution in [0.15, 0.2) is 21.5 Å². The molecule has 0 spiro atoms. The van der Waals surface area contributed by atoms with Crippen LogP contribution < -0.4 is 10.2 Å². The topological polar surface area (TPSA) is 79.9 Å². The van der Waals surface area contributed by atoms with E-state index in [1.54, 1.807) is 0 Å². The average molecular weight is 242 g/mol. The molecule has 0 radical (unpaired) electrons. The summed E-state index contributed by atoms with van der Waals surface area (Å²) in [5.41, 5.74) is -0.282. The summed E-state index contributed by atoms with van der Waals surface area (Å²) in [6.07, 6.45) is 4.77. The maximum Gasteiger partial charge on any atom is 0.227 e. The Morgan fingerprint density at radius 2 is 1.94 bits per heavy atom. The zero-order chi connectivity index (χ0) is 12.5. The van der Waals surface area contributed by atoms with Crippen molar-refractivity contribution in [2.45, 2.75) is 32.3 Å². The maximum absolute atomic E-state index is 11.4. The minimum Gasteiger partial charge on any atom is -0.487 e. The summed E-state index contributed by atoms with van der Waals surface area (Å²) in [5.74, 6) is 0.398. The normalized spacial score (nSPS) is 10.5. The van der Waals surface area contributed by atoms with Crippen LogP contribution in [0.2, 0.25) is 0 Å². The van der Waals surface area contributed by atoms with Crippen molar-refractivity contribution in [3.63, 3.8) is 0 Å². The predicted molar refractivity (Wildman–Crippen MR) is 61.9 cm³/mol. The number of hydrogen-bond acceptors (Lipinski definition) is 5. The third-order valence-electron chi connectivity index (χ3n) is 2.32. The second-order valence-electron chi connectivity index (χ2n) is 3.72. The number of ether oxygens (including phenoxy) is 1. The summed E-state index contributed by atoms with van der Waals surface area (Å²) in [6.45, 7) is 0.373. The van der Waals surface area contributed by atoms with E-state index in [0.29, 0.717) is 6.61 Å². The van der Waals surface area contributed by atoms with Gasteiger partial charge < -0.3 is 19.4 Å². The van der Waals surface area contributed by atoms with Crippen LogP contribution in [0, 0.1) is 0 Å². The summed E-state index contributed by atoms with van der Waals surface area (Å²) in [7, 11) is 0. The molecule has 96 valence electrons. The minimum atomic E-state index is -0.295. The Kier molecular flexibility index (Phi) is 6.35. The molecule has 5 nitrogen and oxygen atoms in total. The van der Waals surface area contributed by atoms with Gasteiger partial charge in [0.05, 0.1) is 6.61 Å². The Bertz CT molecular complexity index is 371. The molecular formula is C12H18O5. The predicted octanol–water partition coefficient (Wildman–Crippen LogP) is 1.06. The van der Waals surface area contributed by atoms with E-state index in [9.17, 15) is 4.79 Å². The molecule has 0 aliphatic carbocycles. The molecule has 2 N–H and O–H groups in total. The summed E-state index contributed by atoms with van der Waals surface area (Å²) >= 11 is 0. The van der Waals surface area contributed by atoms with Gasteiger partial charge in [0.2, 0.25) is 11.2 Å². The van der Waals surface area contributed by atoms with Crippen molar-refractivity contribution < 1.29 is 19.4 Å².